The monoisotopic (exact) mass is 475 g/mol. The molecule has 1 amide bonds. The lowest BCUT2D eigenvalue weighted by atomic mass is 9.84. The lowest BCUT2D eigenvalue weighted by Gasteiger charge is -2.35. The van der Waals surface area contributed by atoms with Gasteiger partial charge in [0.05, 0.1) is 11.3 Å². The van der Waals surface area contributed by atoms with Gasteiger partial charge in [-0.25, -0.2) is 4.79 Å². The largest absolute Gasteiger partial charge is 0.430 e. The summed E-state index contributed by atoms with van der Waals surface area (Å²) in [6.45, 7) is 7.45. The van der Waals surface area contributed by atoms with Gasteiger partial charge >= 0.3 is 12.3 Å². The summed E-state index contributed by atoms with van der Waals surface area (Å²) in [6, 6.07) is 12.6. The summed E-state index contributed by atoms with van der Waals surface area (Å²) in [7, 11) is 0. The molecule has 34 heavy (non-hydrogen) atoms. The van der Waals surface area contributed by atoms with E-state index >= 15 is 0 Å². The van der Waals surface area contributed by atoms with Gasteiger partial charge < -0.3 is 9.68 Å². The van der Waals surface area contributed by atoms with E-state index in [1.165, 1.54) is 22.8 Å². The van der Waals surface area contributed by atoms with E-state index in [9.17, 15) is 18.0 Å². The first-order valence-electron chi connectivity index (χ1n) is 11.2. The van der Waals surface area contributed by atoms with Crippen molar-refractivity contribution in [3.8, 4) is 0 Å². The van der Waals surface area contributed by atoms with E-state index in [-0.39, 0.29) is 11.1 Å². The fraction of sp³-hybridized carbons (Fsp3) is 0.440. The second-order valence-electron chi connectivity index (χ2n) is 9.82. The third-order valence-corrected chi connectivity index (χ3v) is 6.23. The van der Waals surface area contributed by atoms with Crippen molar-refractivity contribution in [3.63, 3.8) is 0 Å². The summed E-state index contributed by atoms with van der Waals surface area (Å²) in [5, 5.41) is 8.32. The number of anilines is 1. The molecule has 2 heterocycles. The van der Waals surface area contributed by atoms with Gasteiger partial charge in [-0.2, -0.15) is 13.2 Å². The first-order chi connectivity index (χ1) is 15.9. The van der Waals surface area contributed by atoms with Gasteiger partial charge in [-0.15, -0.1) is 5.06 Å². The van der Waals surface area contributed by atoms with Crippen LogP contribution < -0.4 is 5.32 Å². The molecule has 1 spiro atoms. The van der Waals surface area contributed by atoms with Crippen molar-refractivity contribution < 1.29 is 27.6 Å². The van der Waals surface area contributed by atoms with Crippen LogP contribution in [0, 0.1) is 0 Å². The highest BCUT2D eigenvalue weighted by Gasteiger charge is 2.43. The summed E-state index contributed by atoms with van der Waals surface area (Å²) in [5.74, 6) is 0. The lowest BCUT2D eigenvalue weighted by molar-refractivity contribution is -0.154. The third kappa shape index (κ3) is 5.52. The molecule has 0 saturated carbocycles. The average Bonchev–Trinajstić information content (AvgIpc) is 3.18. The standard InChI is InChI=1S/C25H28F3N3O3/c1-23(2,3)18-6-4-17(5-7-18)21-16-24(34-30-21)12-14-31(15-13-24)33-22(32)29-20-10-8-19(9-11-20)25(26,27)28/h4-11H,12-16H2,1-3H3,(H,29,32). The van der Waals surface area contributed by atoms with Crippen molar-refractivity contribution in [2.45, 2.75) is 57.2 Å². The maximum absolute atomic E-state index is 12.7. The fourth-order valence-electron chi connectivity index (χ4n) is 4.09. The molecule has 4 rings (SSSR count). The molecule has 0 radical (unpaired) electrons. The molecular formula is C25H28F3N3O3. The van der Waals surface area contributed by atoms with Gasteiger partial charge in [0.25, 0.3) is 0 Å². The highest BCUT2D eigenvalue weighted by molar-refractivity contribution is 6.01. The Balaban J connectivity index is 1.26. The quantitative estimate of drug-likeness (QED) is 0.581. The Morgan fingerprint density at radius 1 is 1.00 bits per heavy atom. The zero-order valence-electron chi connectivity index (χ0n) is 19.4. The van der Waals surface area contributed by atoms with Crippen molar-refractivity contribution in [1.29, 1.82) is 0 Å². The fourth-order valence-corrected chi connectivity index (χ4v) is 4.09. The molecule has 0 aromatic heterocycles. The van der Waals surface area contributed by atoms with Crippen LogP contribution in [0.1, 0.15) is 56.7 Å². The van der Waals surface area contributed by atoms with E-state index < -0.39 is 23.4 Å². The third-order valence-electron chi connectivity index (χ3n) is 6.23. The number of benzene rings is 2. The molecule has 2 aliphatic heterocycles. The first-order valence-corrected chi connectivity index (χ1v) is 11.2. The Morgan fingerprint density at radius 2 is 1.59 bits per heavy atom. The van der Waals surface area contributed by atoms with Gasteiger partial charge in [-0.1, -0.05) is 50.2 Å². The van der Waals surface area contributed by atoms with Crippen LogP contribution in [0.2, 0.25) is 0 Å². The van der Waals surface area contributed by atoms with E-state index in [0.717, 1.165) is 23.4 Å². The zero-order valence-corrected chi connectivity index (χ0v) is 19.4. The Bertz CT molecular complexity index is 1050. The van der Waals surface area contributed by atoms with Crippen LogP contribution >= 0.6 is 0 Å². The zero-order chi connectivity index (χ0) is 24.6. The predicted molar refractivity (Wildman–Crippen MR) is 122 cm³/mol. The molecule has 0 unspecified atom stereocenters. The Labute approximate surface area is 196 Å². The second-order valence-corrected chi connectivity index (χ2v) is 9.82. The number of alkyl halides is 3. The number of hydrogen-bond acceptors (Lipinski definition) is 5. The summed E-state index contributed by atoms with van der Waals surface area (Å²) >= 11 is 0. The van der Waals surface area contributed by atoms with Crippen LogP contribution in [-0.4, -0.2) is 35.6 Å². The Kier molecular flexibility index (Phi) is 6.33. The topological polar surface area (TPSA) is 63.2 Å². The molecule has 0 atom stereocenters. The summed E-state index contributed by atoms with van der Waals surface area (Å²) in [6.07, 6.45) is -3.22. The molecule has 2 aliphatic rings. The van der Waals surface area contributed by atoms with E-state index in [0.29, 0.717) is 32.4 Å². The number of carbonyl (C=O) groups excluding carboxylic acids is 1. The number of nitrogens with zero attached hydrogens (tertiary/aromatic N) is 2. The highest BCUT2D eigenvalue weighted by Crippen LogP contribution is 2.36. The molecular weight excluding hydrogens is 447 g/mol. The Hall–Kier alpha value is -3.07. The molecule has 0 aliphatic carbocycles. The lowest BCUT2D eigenvalue weighted by Crippen LogP contribution is -2.45. The number of hydroxylamine groups is 2. The van der Waals surface area contributed by atoms with Crippen molar-refractivity contribution in [2.24, 2.45) is 5.16 Å². The van der Waals surface area contributed by atoms with Crippen molar-refractivity contribution in [3.05, 3.63) is 65.2 Å². The second kappa shape index (κ2) is 8.94. The summed E-state index contributed by atoms with van der Waals surface area (Å²) in [4.78, 5) is 23.3. The molecule has 1 saturated heterocycles. The summed E-state index contributed by atoms with van der Waals surface area (Å²) < 4.78 is 38.0. The molecule has 1 fully saturated rings. The number of nitrogens with one attached hydrogen (secondary N) is 1. The smallest absolute Gasteiger partial charge is 0.388 e. The molecule has 182 valence electrons. The minimum atomic E-state index is -4.43. The van der Waals surface area contributed by atoms with Gasteiger partial charge in [0, 0.05) is 38.0 Å². The molecule has 0 bridgehead atoms. The number of halogens is 3. The SMILES string of the molecule is CC(C)(C)c1ccc(C2=NOC3(CCN(OC(=O)Nc4ccc(C(F)(F)F)cc4)CC3)C2)cc1. The maximum Gasteiger partial charge on any atom is 0.430 e. The highest BCUT2D eigenvalue weighted by atomic mass is 19.4. The van der Waals surface area contributed by atoms with E-state index in [1.54, 1.807) is 0 Å². The van der Waals surface area contributed by atoms with Crippen molar-refractivity contribution in [1.82, 2.24) is 5.06 Å². The molecule has 2 aromatic rings. The van der Waals surface area contributed by atoms with Gasteiger partial charge in [0.2, 0.25) is 0 Å². The van der Waals surface area contributed by atoms with Gasteiger partial charge in [-0.05, 0) is 40.8 Å². The molecule has 1 N–H and O–H groups in total. The van der Waals surface area contributed by atoms with E-state index in [1.807, 2.05) is 0 Å². The van der Waals surface area contributed by atoms with Gasteiger partial charge in [-0.3, -0.25) is 5.32 Å². The average molecular weight is 476 g/mol. The van der Waals surface area contributed by atoms with Crippen LogP contribution in [-0.2, 0) is 21.3 Å². The number of rotatable bonds is 3. The molecule has 9 heteroatoms. The van der Waals surface area contributed by atoms with Crippen LogP contribution in [0.15, 0.2) is 53.7 Å². The van der Waals surface area contributed by atoms with Crippen molar-refractivity contribution >= 4 is 17.5 Å². The van der Waals surface area contributed by atoms with Crippen LogP contribution in [0.4, 0.5) is 23.7 Å². The number of carbonyl (C=O) groups is 1. The van der Waals surface area contributed by atoms with Gasteiger partial charge in [0.15, 0.2) is 0 Å². The Morgan fingerprint density at radius 3 is 2.15 bits per heavy atom. The van der Waals surface area contributed by atoms with E-state index in [2.05, 4.69) is 55.5 Å². The van der Waals surface area contributed by atoms with Crippen LogP contribution in [0.3, 0.4) is 0 Å². The minimum absolute atomic E-state index is 0.0827. The summed E-state index contributed by atoms with van der Waals surface area (Å²) in [5.41, 5.74) is 2.32. The van der Waals surface area contributed by atoms with Crippen LogP contribution in [0.25, 0.3) is 0 Å². The number of oxime groups is 1. The maximum atomic E-state index is 12.7. The normalized spacial score (nSPS) is 18.4. The molecule has 6 nitrogen and oxygen atoms in total. The number of piperidine rings is 1. The number of amides is 1. The predicted octanol–water partition coefficient (Wildman–Crippen LogP) is 6.13. The first kappa shape index (κ1) is 24.1. The van der Waals surface area contributed by atoms with Crippen LogP contribution in [0.5, 0.6) is 0 Å². The number of hydrogen-bond donors (Lipinski definition) is 1. The van der Waals surface area contributed by atoms with Gasteiger partial charge in [0.1, 0.15) is 5.60 Å². The minimum Gasteiger partial charge on any atom is -0.388 e. The van der Waals surface area contributed by atoms with Crippen molar-refractivity contribution in [2.75, 3.05) is 18.4 Å². The van der Waals surface area contributed by atoms with E-state index in [4.69, 9.17) is 9.68 Å². The molecule has 2 aromatic carbocycles.